The van der Waals surface area contributed by atoms with Crippen molar-refractivity contribution in [1.82, 2.24) is 10.6 Å². The van der Waals surface area contributed by atoms with Crippen LogP contribution in [0.3, 0.4) is 0 Å². The van der Waals surface area contributed by atoms with E-state index in [9.17, 15) is 20.0 Å². The van der Waals surface area contributed by atoms with Crippen LogP contribution in [0, 0.1) is 10.1 Å². The molecule has 3 N–H and O–H groups in total. The SMILES string of the molecule is O=C(NC1CC1)[C@@H](NC[C@@H](O)c1ccc([N+](=O)[O-])cc1)c1ccccc1. The summed E-state index contributed by atoms with van der Waals surface area (Å²) in [7, 11) is 0. The van der Waals surface area contributed by atoms with Crippen LogP contribution < -0.4 is 10.6 Å². The normalized spacial score (nSPS) is 15.9. The molecule has 0 aliphatic heterocycles. The Balaban J connectivity index is 1.66. The first-order chi connectivity index (χ1) is 12.5. The number of aliphatic hydroxyl groups is 1. The fourth-order valence-corrected chi connectivity index (χ4v) is 2.69. The number of nitrogens with one attached hydrogen (secondary N) is 2. The average Bonchev–Trinajstić information content (AvgIpc) is 3.46. The summed E-state index contributed by atoms with van der Waals surface area (Å²) in [5.74, 6) is -0.116. The van der Waals surface area contributed by atoms with E-state index < -0.39 is 17.1 Å². The lowest BCUT2D eigenvalue weighted by Crippen LogP contribution is -2.40. The summed E-state index contributed by atoms with van der Waals surface area (Å²) in [6.07, 6.45) is 1.12. The van der Waals surface area contributed by atoms with Crippen molar-refractivity contribution in [3.8, 4) is 0 Å². The predicted molar refractivity (Wildman–Crippen MR) is 96.4 cm³/mol. The molecule has 0 heterocycles. The highest BCUT2D eigenvalue weighted by atomic mass is 16.6. The van der Waals surface area contributed by atoms with Crippen LogP contribution >= 0.6 is 0 Å². The van der Waals surface area contributed by atoms with E-state index in [1.54, 1.807) is 0 Å². The molecule has 0 bridgehead atoms. The molecular formula is C19H21N3O4. The Morgan fingerprint density at radius 2 is 1.77 bits per heavy atom. The Morgan fingerprint density at radius 3 is 2.35 bits per heavy atom. The van der Waals surface area contributed by atoms with Gasteiger partial charge >= 0.3 is 0 Å². The van der Waals surface area contributed by atoms with E-state index in [1.165, 1.54) is 24.3 Å². The van der Waals surface area contributed by atoms with E-state index in [0.29, 0.717) is 5.56 Å². The van der Waals surface area contributed by atoms with Crippen LogP contribution in [0.15, 0.2) is 54.6 Å². The van der Waals surface area contributed by atoms with Gasteiger partial charge in [0.05, 0.1) is 11.0 Å². The van der Waals surface area contributed by atoms with Crippen LogP contribution in [0.1, 0.15) is 36.1 Å². The van der Waals surface area contributed by atoms with Gasteiger partial charge in [0.1, 0.15) is 6.04 Å². The van der Waals surface area contributed by atoms with E-state index in [1.807, 2.05) is 30.3 Å². The van der Waals surface area contributed by atoms with E-state index in [-0.39, 0.29) is 24.2 Å². The van der Waals surface area contributed by atoms with Gasteiger partial charge in [0.2, 0.25) is 5.91 Å². The van der Waals surface area contributed by atoms with Crippen LogP contribution in [0.25, 0.3) is 0 Å². The van der Waals surface area contributed by atoms with Crippen molar-refractivity contribution in [1.29, 1.82) is 0 Å². The summed E-state index contributed by atoms with van der Waals surface area (Å²) in [6, 6.07) is 14.8. The van der Waals surface area contributed by atoms with Gasteiger partial charge in [0, 0.05) is 24.7 Å². The van der Waals surface area contributed by atoms with E-state index in [4.69, 9.17) is 0 Å². The van der Waals surface area contributed by atoms with Crippen LogP contribution in [0.5, 0.6) is 0 Å². The molecule has 1 fully saturated rings. The van der Waals surface area contributed by atoms with Crippen molar-refractivity contribution in [3.05, 3.63) is 75.8 Å². The number of hydrogen-bond donors (Lipinski definition) is 3. The summed E-state index contributed by atoms with van der Waals surface area (Å²) in [5, 5.41) is 27.2. The molecule has 0 unspecified atom stereocenters. The lowest BCUT2D eigenvalue weighted by Gasteiger charge is -2.21. The molecule has 0 radical (unpaired) electrons. The number of carbonyl (C=O) groups excluding carboxylic acids is 1. The quantitative estimate of drug-likeness (QED) is 0.497. The molecule has 2 aromatic rings. The predicted octanol–water partition coefficient (Wildman–Crippen LogP) is 2.24. The standard InChI is InChI=1S/C19H21N3O4/c23-17(13-6-10-16(11-7-13)22(25)26)12-20-18(14-4-2-1-3-5-14)19(24)21-15-8-9-15/h1-7,10-11,15,17-18,20,23H,8-9,12H2,(H,21,24)/t17-,18+/m1/s1. The molecule has 3 rings (SSSR count). The van der Waals surface area contributed by atoms with E-state index >= 15 is 0 Å². The van der Waals surface area contributed by atoms with Crippen molar-refractivity contribution >= 4 is 11.6 Å². The fourth-order valence-electron chi connectivity index (χ4n) is 2.69. The van der Waals surface area contributed by atoms with Crippen LogP contribution in [-0.4, -0.2) is 28.5 Å². The summed E-state index contributed by atoms with van der Waals surface area (Å²) in [5.41, 5.74) is 1.35. The summed E-state index contributed by atoms with van der Waals surface area (Å²) in [4.78, 5) is 22.8. The summed E-state index contributed by atoms with van der Waals surface area (Å²) >= 11 is 0. The second-order valence-electron chi connectivity index (χ2n) is 6.40. The number of amides is 1. The molecule has 136 valence electrons. The second kappa shape index (κ2) is 8.07. The van der Waals surface area contributed by atoms with Gasteiger partial charge in [-0.15, -0.1) is 0 Å². The molecule has 1 saturated carbocycles. The second-order valence-corrected chi connectivity index (χ2v) is 6.40. The van der Waals surface area contributed by atoms with Crippen molar-refractivity contribution in [3.63, 3.8) is 0 Å². The van der Waals surface area contributed by atoms with Crippen LogP contribution in [0.4, 0.5) is 5.69 Å². The first kappa shape index (κ1) is 18.0. The molecule has 0 aromatic heterocycles. The highest BCUT2D eigenvalue weighted by Crippen LogP contribution is 2.22. The minimum absolute atomic E-state index is 0.0279. The van der Waals surface area contributed by atoms with Gasteiger partial charge in [-0.3, -0.25) is 20.2 Å². The first-order valence-corrected chi connectivity index (χ1v) is 8.55. The number of non-ortho nitro benzene ring substituents is 1. The average molecular weight is 355 g/mol. The zero-order valence-corrected chi connectivity index (χ0v) is 14.2. The van der Waals surface area contributed by atoms with Crippen molar-refractivity contribution in [2.45, 2.75) is 31.0 Å². The lowest BCUT2D eigenvalue weighted by atomic mass is 10.0. The number of aliphatic hydroxyl groups excluding tert-OH is 1. The molecule has 7 heteroatoms. The van der Waals surface area contributed by atoms with E-state index in [2.05, 4.69) is 10.6 Å². The number of nitro benzene ring substituents is 1. The van der Waals surface area contributed by atoms with E-state index in [0.717, 1.165) is 18.4 Å². The Bertz CT molecular complexity index is 760. The number of carbonyl (C=O) groups is 1. The molecular weight excluding hydrogens is 334 g/mol. The Labute approximate surface area is 151 Å². The fraction of sp³-hybridized carbons (Fsp3) is 0.316. The zero-order chi connectivity index (χ0) is 18.5. The van der Waals surface area contributed by atoms with Crippen molar-refractivity contribution in [2.24, 2.45) is 0 Å². The maximum atomic E-state index is 12.5. The molecule has 0 saturated heterocycles. The number of nitrogens with zero attached hydrogens (tertiary/aromatic N) is 1. The number of hydrogen-bond acceptors (Lipinski definition) is 5. The Hall–Kier alpha value is -2.77. The van der Waals surface area contributed by atoms with Gasteiger partial charge < -0.3 is 10.4 Å². The van der Waals surface area contributed by atoms with Crippen molar-refractivity contribution < 1.29 is 14.8 Å². The zero-order valence-electron chi connectivity index (χ0n) is 14.2. The highest BCUT2D eigenvalue weighted by molar-refractivity contribution is 5.83. The minimum Gasteiger partial charge on any atom is -0.387 e. The maximum Gasteiger partial charge on any atom is 0.269 e. The summed E-state index contributed by atoms with van der Waals surface area (Å²) < 4.78 is 0. The van der Waals surface area contributed by atoms with Crippen molar-refractivity contribution in [2.75, 3.05) is 6.54 Å². The molecule has 1 amide bonds. The largest absolute Gasteiger partial charge is 0.387 e. The van der Waals surface area contributed by atoms with Crippen LogP contribution in [0.2, 0.25) is 0 Å². The van der Waals surface area contributed by atoms with Gasteiger partial charge in [-0.1, -0.05) is 30.3 Å². The smallest absolute Gasteiger partial charge is 0.269 e. The molecule has 7 nitrogen and oxygen atoms in total. The first-order valence-electron chi connectivity index (χ1n) is 8.55. The van der Waals surface area contributed by atoms with Gasteiger partial charge in [-0.2, -0.15) is 0 Å². The minimum atomic E-state index is -0.879. The number of nitro groups is 1. The number of rotatable bonds is 8. The van der Waals surface area contributed by atoms with Gasteiger partial charge in [0.25, 0.3) is 5.69 Å². The molecule has 1 aliphatic rings. The third-order valence-corrected chi connectivity index (χ3v) is 4.32. The van der Waals surface area contributed by atoms with Gasteiger partial charge in [0.15, 0.2) is 0 Å². The third-order valence-electron chi connectivity index (χ3n) is 4.32. The topological polar surface area (TPSA) is 104 Å². The Kier molecular flexibility index (Phi) is 5.60. The third kappa shape index (κ3) is 4.65. The molecule has 26 heavy (non-hydrogen) atoms. The molecule has 2 atom stereocenters. The lowest BCUT2D eigenvalue weighted by molar-refractivity contribution is -0.384. The van der Waals surface area contributed by atoms with Crippen LogP contribution in [-0.2, 0) is 4.79 Å². The number of benzene rings is 2. The highest BCUT2D eigenvalue weighted by Gasteiger charge is 2.28. The molecule has 2 aromatic carbocycles. The Morgan fingerprint density at radius 1 is 1.12 bits per heavy atom. The maximum absolute atomic E-state index is 12.5. The molecule has 0 spiro atoms. The monoisotopic (exact) mass is 355 g/mol. The van der Waals surface area contributed by atoms with Gasteiger partial charge in [-0.05, 0) is 36.1 Å². The summed E-state index contributed by atoms with van der Waals surface area (Å²) in [6.45, 7) is 0.148. The molecule has 1 aliphatic carbocycles. The van der Waals surface area contributed by atoms with Gasteiger partial charge in [-0.25, -0.2) is 0 Å².